The van der Waals surface area contributed by atoms with Crippen molar-refractivity contribution >= 4 is 41.7 Å². The van der Waals surface area contributed by atoms with Crippen LogP contribution in [0.4, 0.5) is 5.69 Å². The molecule has 1 N–H and O–H groups in total. The van der Waals surface area contributed by atoms with Crippen LogP contribution in [0, 0.1) is 0 Å². The highest BCUT2D eigenvalue weighted by molar-refractivity contribution is 7.99. The van der Waals surface area contributed by atoms with E-state index in [-0.39, 0.29) is 31.3 Å². The zero-order valence-corrected chi connectivity index (χ0v) is 13.5. The SMILES string of the molecule is CN(CCC(=O)O)CC(=O)N1CCSc2ccccc21.Cl. The van der Waals surface area contributed by atoms with Crippen LogP contribution >= 0.6 is 24.2 Å². The van der Waals surface area contributed by atoms with Crippen LogP contribution in [0.1, 0.15) is 6.42 Å². The van der Waals surface area contributed by atoms with Crippen molar-refractivity contribution in [2.24, 2.45) is 0 Å². The maximum Gasteiger partial charge on any atom is 0.304 e. The lowest BCUT2D eigenvalue weighted by Gasteiger charge is -2.30. The van der Waals surface area contributed by atoms with Crippen LogP contribution in [-0.4, -0.2) is 54.3 Å². The zero-order chi connectivity index (χ0) is 14.5. The molecule has 0 bridgehead atoms. The largest absolute Gasteiger partial charge is 0.481 e. The second kappa shape index (κ2) is 8.26. The first-order valence-corrected chi connectivity index (χ1v) is 7.49. The normalized spacial score (nSPS) is 13.5. The van der Waals surface area contributed by atoms with Crippen LogP contribution < -0.4 is 4.90 Å². The second-order valence-corrected chi connectivity index (χ2v) is 5.88. The van der Waals surface area contributed by atoms with E-state index < -0.39 is 5.97 Å². The number of thioether (sulfide) groups is 1. The van der Waals surface area contributed by atoms with E-state index in [2.05, 4.69) is 0 Å². The van der Waals surface area contributed by atoms with Gasteiger partial charge in [0.05, 0.1) is 18.7 Å². The molecule has 7 heteroatoms. The number of rotatable bonds is 5. The predicted molar refractivity (Wildman–Crippen MR) is 86.5 cm³/mol. The number of carboxylic acids is 1. The maximum absolute atomic E-state index is 12.3. The van der Waals surface area contributed by atoms with E-state index in [0.29, 0.717) is 13.1 Å². The number of para-hydroxylation sites is 1. The van der Waals surface area contributed by atoms with Crippen molar-refractivity contribution in [1.82, 2.24) is 4.90 Å². The van der Waals surface area contributed by atoms with Gasteiger partial charge in [0.2, 0.25) is 5.91 Å². The Labute approximate surface area is 134 Å². The number of hydrogen-bond donors (Lipinski definition) is 1. The number of aliphatic carboxylic acids is 1. The minimum Gasteiger partial charge on any atom is -0.481 e. The number of fused-ring (bicyclic) bond motifs is 1. The van der Waals surface area contributed by atoms with Crippen molar-refractivity contribution < 1.29 is 14.7 Å². The summed E-state index contributed by atoms with van der Waals surface area (Å²) in [5, 5.41) is 8.65. The average Bonchev–Trinajstić information content (AvgIpc) is 2.44. The summed E-state index contributed by atoms with van der Waals surface area (Å²) in [4.78, 5) is 27.5. The highest BCUT2D eigenvalue weighted by Crippen LogP contribution is 2.34. The Morgan fingerprint density at radius 3 is 2.81 bits per heavy atom. The number of nitrogens with zero attached hydrogens (tertiary/aromatic N) is 2. The molecule has 21 heavy (non-hydrogen) atoms. The Morgan fingerprint density at radius 1 is 1.38 bits per heavy atom. The molecule has 0 radical (unpaired) electrons. The van der Waals surface area contributed by atoms with Gasteiger partial charge in [-0.15, -0.1) is 24.2 Å². The monoisotopic (exact) mass is 330 g/mol. The third-order valence-corrected chi connectivity index (χ3v) is 4.19. The molecule has 1 aromatic carbocycles. The summed E-state index contributed by atoms with van der Waals surface area (Å²) in [5.41, 5.74) is 0.959. The van der Waals surface area contributed by atoms with Crippen molar-refractivity contribution in [1.29, 1.82) is 0 Å². The minimum absolute atomic E-state index is 0. The van der Waals surface area contributed by atoms with E-state index >= 15 is 0 Å². The molecule has 0 aliphatic carbocycles. The number of carbonyl (C=O) groups is 2. The summed E-state index contributed by atoms with van der Waals surface area (Å²) >= 11 is 1.76. The van der Waals surface area contributed by atoms with E-state index in [9.17, 15) is 9.59 Å². The average molecular weight is 331 g/mol. The predicted octanol–water partition coefficient (Wildman–Crippen LogP) is 1.95. The van der Waals surface area contributed by atoms with Crippen molar-refractivity contribution in [3.63, 3.8) is 0 Å². The molecule has 2 rings (SSSR count). The highest BCUT2D eigenvalue weighted by atomic mass is 35.5. The Morgan fingerprint density at radius 2 is 2.10 bits per heavy atom. The number of anilines is 1. The molecule has 1 aliphatic rings. The van der Waals surface area contributed by atoms with E-state index in [1.165, 1.54) is 0 Å². The molecule has 1 heterocycles. The summed E-state index contributed by atoms with van der Waals surface area (Å²) in [7, 11) is 1.77. The van der Waals surface area contributed by atoms with Crippen LogP contribution in [0.2, 0.25) is 0 Å². The molecular weight excluding hydrogens is 312 g/mol. The van der Waals surface area contributed by atoms with Crippen molar-refractivity contribution in [2.75, 3.05) is 37.3 Å². The molecule has 0 aromatic heterocycles. The van der Waals surface area contributed by atoms with Crippen molar-refractivity contribution in [3.8, 4) is 0 Å². The van der Waals surface area contributed by atoms with Crippen LogP contribution in [0.25, 0.3) is 0 Å². The molecule has 0 fully saturated rings. The molecule has 0 spiro atoms. The summed E-state index contributed by atoms with van der Waals surface area (Å²) in [5.74, 6) is 0.0661. The number of likely N-dealkylation sites (N-methyl/N-ethyl adjacent to an activating group) is 1. The summed E-state index contributed by atoms with van der Waals surface area (Å²) in [6.45, 7) is 1.32. The lowest BCUT2D eigenvalue weighted by Crippen LogP contribution is -2.42. The third kappa shape index (κ3) is 4.91. The van der Waals surface area contributed by atoms with Gasteiger partial charge in [0, 0.05) is 23.7 Å². The fourth-order valence-corrected chi connectivity index (χ4v) is 3.11. The second-order valence-electron chi connectivity index (χ2n) is 4.74. The molecule has 0 saturated heterocycles. The Bertz CT molecular complexity index is 513. The standard InChI is InChI=1S/C14H18N2O3S.ClH/c1-15(7-6-14(18)19)10-13(17)16-8-9-20-12-5-3-2-4-11(12)16;/h2-5H,6-10H2,1H3,(H,18,19);1H. The quantitative estimate of drug-likeness (QED) is 0.894. The van der Waals surface area contributed by atoms with E-state index in [0.717, 1.165) is 16.3 Å². The molecular formula is C14H19ClN2O3S. The van der Waals surface area contributed by atoms with Crippen LogP contribution in [0.5, 0.6) is 0 Å². The van der Waals surface area contributed by atoms with Gasteiger partial charge in [-0.25, -0.2) is 0 Å². The van der Waals surface area contributed by atoms with Gasteiger partial charge in [0.15, 0.2) is 0 Å². The minimum atomic E-state index is -0.844. The van der Waals surface area contributed by atoms with Gasteiger partial charge >= 0.3 is 5.97 Å². The number of halogens is 1. The summed E-state index contributed by atoms with van der Waals surface area (Å²) < 4.78 is 0. The zero-order valence-electron chi connectivity index (χ0n) is 11.8. The first kappa shape index (κ1) is 17.8. The molecule has 1 aliphatic heterocycles. The molecule has 1 aromatic rings. The number of carbonyl (C=O) groups excluding carboxylic acids is 1. The van der Waals surface area contributed by atoms with Crippen molar-refractivity contribution in [2.45, 2.75) is 11.3 Å². The van der Waals surface area contributed by atoms with Gasteiger partial charge in [0.1, 0.15) is 0 Å². The van der Waals surface area contributed by atoms with Gasteiger partial charge < -0.3 is 10.0 Å². The van der Waals surface area contributed by atoms with Crippen LogP contribution in [-0.2, 0) is 9.59 Å². The Balaban J connectivity index is 0.00000220. The number of carboxylic acid groups (broad SMARTS) is 1. The van der Waals surface area contributed by atoms with Gasteiger partial charge in [-0.3, -0.25) is 14.5 Å². The van der Waals surface area contributed by atoms with Gasteiger partial charge in [-0.1, -0.05) is 12.1 Å². The molecule has 116 valence electrons. The van der Waals surface area contributed by atoms with E-state index in [1.54, 1.807) is 28.6 Å². The first-order chi connectivity index (χ1) is 9.58. The first-order valence-electron chi connectivity index (χ1n) is 6.50. The van der Waals surface area contributed by atoms with Gasteiger partial charge in [-0.05, 0) is 19.2 Å². The lowest BCUT2D eigenvalue weighted by atomic mass is 10.2. The molecule has 5 nitrogen and oxygen atoms in total. The molecule has 0 unspecified atom stereocenters. The fourth-order valence-electron chi connectivity index (χ4n) is 2.11. The van der Waals surface area contributed by atoms with E-state index in [4.69, 9.17) is 5.11 Å². The van der Waals surface area contributed by atoms with Crippen LogP contribution in [0.3, 0.4) is 0 Å². The smallest absolute Gasteiger partial charge is 0.304 e. The van der Waals surface area contributed by atoms with E-state index in [1.807, 2.05) is 24.3 Å². The summed E-state index contributed by atoms with van der Waals surface area (Å²) in [6.07, 6.45) is 0.0518. The third-order valence-electron chi connectivity index (χ3n) is 3.14. The topological polar surface area (TPSA) is 60.9 Å². The molecule has 0 atom stereocenters. The van der Waals surface area contributed by atoms with Gasteiger partial charge in [0.25, 0.3) is 0 Å². The number of hydrogen-bond acceptors (Lipinski definition) is 4. The van der Waals surface area contributed by atoms with Crippen molar-refractivity contribution in [3.05, 3.63) is 24.3 Å². The fraction of sp³-hybridized carbons (Fsp3) is 0.429. The lowest BCUT2D eigenvalue weighted by molar-refractivity contribution is -0.137. The maximum atomic E-state index is 12.3. The Kier molecular flexibility index (Phi) is 7.01. The van der Waals surface area contributed by atoms with Crippen LogP contribution in [0.15, 0.2) is 29.2 Å². The summed E-state index contributed by atoms with van der Waals surface area (Å²) in [6, 6.07) is 7.88. The number of benzene rings is 1. The van der Waals surface area contributed by atoms with Gasteiger partial charge in [-0.2, -0.15) is 0 Å². The highest BCUT2D eigenvalue weighted by Gasteiger charge is 2.23. The Hall–Kier alpha value is -1.24. The molecule has 0 saturated carbocycles. The number of amides is 1. The molecule has 1 amide bonds.